The number of carboxylic acid groups (broad SMARTS) is 1. The van der Waals surface area contributed by atoms with Crippen LogP contribution in [0.2, 0.25) is 0 Å². The first-order chi connectivity index (χ1) is 9.40. The molecule has 20 heavy (non-hydrogen) atoms. The number of imide groups is 1. The molecule has 0 heterocycles. The smallest absolute Gasteiger partial charge is 0.329 e. The largest absolute Gasteiger partial charge is 0.480 e. The van der Waals surface area contributed by atoms with E-state index in [4.69, 9.17) is 5.11 Å². The van der Waals surface area contributed by atoms with Gasteiger partial charge in [0.1, 0.15) is 13.2 Å². The first-order valence-corrected chi connectivity index (χ1v) is 6.05. The van der Waals surface area contributed by atoms with Crippen molar-refractivity contribution in [1.29, 1.82) is 0 Å². The van der Waals surface area contributed by atoms with Crippen LogP contribution in [-0.2, 0) is 19.1 Å². The molecule has 0 atom stereocenters. The fourth-order valence-corrected chi connectivity index (χ4v) is 1.28. The Bertz CT molecular complexity index is 367. The van der Waals surface area contributed by atoms with E-state index in [9.17, 15) is 19.2 Å². The predicted molar refractivity (Wildman–Crippen MR) is 67.9 cm³/mol. The van der Waals surface area contributed by atoms with Crippen LogP contribution in [0.25, 0.3) is 0 Å². The number of urea groups is 1. The standard InChI is InChI=1S/C11H19N3O6/c1-3-14(4-2)9(16)5-12-11(19)13-8(15)6-20-7-10(17)18/h3-7H2,1-2H3,(H,17,18)(H2,12,13,15,19). The molecule has 9 nitrogen and oxygen atoms in total. The average molecular weight is 289 g/mol. The van der Waals surface area contributed by atoms with Gasteiger partial charge in [0.25, 0.3) is 5.91 Å². The monoisotopic (exact) mass is 289 g/mol. The number of aliphatic carboxylic acids is 1. The molecular formula is C11H19N3O6. The molecule has 0 spiro atoms. The second kappa shape index (κ2) is 9.73. The van der Waals surface area contributed by atoms with Crippen molar-refractivity contribution in [3.05, 3.63) is 0 Å². The third kappa shape index (κ3) is 8.03. The molecular weight excluding hydrogens is 270 g/mol. The Morgan fingerprint density at radius 1 is 1.10 bits per heavy atom. The van der Waals surface area contributed by atoms with Gasteiger partial charge >= 0.3 is 12.0 Å². The Hall–Kier alpha value is -2.16. The van der Waals surface area contributed by atoms with E-state index in [-0.39, 0.29) is 12.5 Å². The highest BCUT2D eigenvalue weighted by atomic mass is 16.5. The average Bonchev–Trinajstić information content (AvgIpc) is 2.37. The number of likely N-dealkylation sites (N-methyl/N-ethyl adjacent to an activating group) is 1. The van der Waals surface area contributed by atoms with E-state index < -0.39 is 31.1 Å². The van der Waals surface area contributed by atoms with E-state index in [1.165, 1.54) is 4.90 Å². The van der Waals surface area contributed by atoms with Crippen molar-refractivity contribution < 1.29 is 29.0 Å². The number of carboxylic acids is 1. The molecule has 4 amide bonds. The van der Waals surface area contributed by atoms with Crippen LogP contribution in [0.15, 0.2) is 0 Å². The summed E-state index contributed by atoms with van der Waals surface area (Å²) in [4.78, 5) is 45.6. The van der Waals surface area contributed by atoms with Crippen LogP contribution in [-0.4, -0.2) is 66.7 Å². The summed E-state index contributed by atoms with van der Waals surface area (Å²) < 4.78 is 4.49. The molecule has 0 rings (SSSR count). The van der Waals surface area contributed by atoms with Crippen molar-refractivity contribution in [2.75, 3.05) is 32.8 Å². The van der Waals surface area contributed by atoms with Gasteiger partial charge in [-0.15, -0.1) is 0 Å². The van der Waals surface area contributed by atoms with Gasteiger partial charge in [-0.25, -0.2) is 9.59 Å². The molecule has 0 aliphatic carbocycles. The molecule has 9 heteroatoms. The van der Waals surface area contributed by atoms with Crippen LogP contribution >= 0.6 is 0 Å². The third-order valence-electron chi connectivity index (χ3n) is 2.23. The van der Waals surface area contributed by atoms with Gasteiger partial charge in [-0.2, -0.15) is 0 Å². The highest BCUT2D eigenvalue weighted by Gasteiger charge is 2.12. The molecule has 0 aromatic carbocycles. The molecule has 0 aromatic rings. The summed E-state index contributed by atoms with van der Waals surface area (Å²) in [5.74, 6) is -2.27. The quantitative estimate of drug-likeness (QED) is 0.514. The summed E-state index contributed by atoms with van der Waals surface area (Å²) in [6.45, 7) is 3.27. The van der Waals surface area contributed by atoms with Crippen molar-refractivity contribution in [3.63, 3.8) is 0 Å². The summed E-state index contributed by atoms with van der Waals surface area (Å²) in [5.41, 5.74) is 0. The number of hydrogen-bond acceptors (Lipinski definition) is 5. The number of rotatable bonds is 8. The van der Waals surface area contributed by atoms with E-state index in [0.717, 1.165) is 0 Å². The minimum atomic E-state index is -1.22. The number of hydrogen-bond donors (Lipinski definition) is 3. The number of carbonyl (C=O) groups excluding carboxylic acids is 3. The van der Waals surface area contributed by atoms with Crippen LogP contribution in [0.1, 0.15) is 13.8 Å². The maximum atomic E-state index is 11.6. The fourth-order valence-electron chi connectivity index (χ4n) is 1.28. The van der Waals surface area contributed by atoms with E-state index in [1.807, 2.05) is 19.2 Å². The van der Waals surface area contributed by atoms with Crippen LogP contribution in [0.3, 0.4) is 0 Å². The summed E-state index contributed by atoms with van der Waals surface area (Å²) in [7, 11) is 0. The molecule has 0 aromatic heterocycles. The lowest BCUT2D eigenvalue weighted by Crippen LogP contribution is -2.46. The van der Waals surface area contributed by atoms with Crippen LogP contribution in [0.4, 0.5) is 4.79 Å². The van der Waals surface area contributed by atoms with E-state index in [1.54, 1.807) is 0 Å². The minimum absolute atomic E-state index is 0.225. The SMILES string of the molecule is CCN(CC)C(=O)CNC(=O)NC(=O)COCC(=O)O. The molecule has 0 radical (unpaired) electrons. The van der Waals surface area contributed by atoms with Gasteiger partial charge in [0, 0.05) is 13.1 Å². The predicted octanol–water partition coefficient (Wildman–Crippen LogP) is -1.22. The molecule has 0 unspecified atom stereocenters. The third-order valence-corrected chi connectivity index (χ3v) is 2.23. The number of carbonyl (C=O) groups is 4. The zero-order valence-electron chi connectivity index (χ0n) is 11.5. The second-order valence-corrected chi connectivity index (χ2v) is 3.68. The van der Waals surface area contributed by atoms with E-state index in [0.29, 0.717) is 13.1 Å². The Labute approximate surface area is 116 Å². The normalized spacial score (nSPS) is 9.70. The minimum Gasteiger partial charge on any atom is -0.480 e. The van der Waals surface area contributed by atoms with Crippen LogP contribution in [0.5, 0.6) is 0 Å². The Balaban J connectivity index is 3.90. The highest BCUT2D eigenvalue weighted by molar-refractivity contribution is 5.96. The van der Waals surface area contributed by atoms with Gasteiger partial charge in [0.2, 0.25) is 5.91 Å². The van der Waals surface area contributed by atoms with Crippen LogP contribution < -0.4 is 10.6 Å². The van der Waals surface area contributed by atoms with Crippen molar-refractivity contribution in [3.8, 4) is 0 Å². The summed E-state index contributed by atoms with van der Waals surface area (Å²) in [6, 6.07) is -0.838. The number of nitrogens with zero attached hydrogens (tertiary/aromatic N) is 1. The van der Waals surface area contributed by atoms with E-state index >= 15 is 0 Å². The summed E-state index contributed by atoms with van der Waals surface area (Å²) >= 11 is 0. The Kier molecular flexibility index (Phi) is 8.68. The van der Waals surface area contributed by atoms with E-state index in [2.05, 4.69) is 10.1 Å². The Morgan fingerprint density at radius 3 is 2.20 bits per heavy atom. The van der Waals surface area contributed by atoms with Gasteiger partial charge in [0.15, 0.2) is 0 Å². The molecule has 3 N–H and O–H groups in total. The number of ether oxygens (including phenoxy) is 1. The molecule has 0 aliphatic heterocycles. The van der Waals surface area contributed by atoms with Crippen molar-refractivity contribution in [2.24, 2.45) is 0 Å². The summed E-state index contributed by atoms with van der Waals surface area (Å²) in [6.07, 6.45) is 0. The molecule has 0 bridgehead atoms. The van der Waals surface area contributed by atoms with Crippen LogP contribution in [0, 0.1) is 0 Å². The zero-order valence-corrected chi connectivity index (χ0v) is 11.5. The molecule has 0 fully saturated rings. The summed E-state index contributed by atoms with van der Waals surface area (Å²) in [5, 5.41) is 12.4. The maximum absolute atomic E-state index is 11.6. The topological polar surface area (TPSA) is 125 Å². The zero-order chi connectivity index (χ0) is 15.5. The van der Waals surface area contributed by atoms with Gasteiger partial charge in [-0.1, -0.05) is 0 Å². The first kappa shape index (κ1) is 17.8. The highest BCUT2D eigenvalue weighted by Crippen LogP contribution is 1.87. The second-order valence-electron chi connectivity index (χ2n) is 3.68. The molecule has 0 saturated heterocycles. The number of nitrogens with one attached hydrogen (secondary N) is 2. The van der Waals surface area contributed by atoms with Crippen molar-refractivity contribution in [2.45, 2.75) is 13.8 Å². The fraction of sp³-hybridized carbons (Fsp3) is 0.636. The lowest BCUT2D eigenvalue weighted by molar-refractivity contribution is -0.143. The van der Waals surface area contributed by atoms with Gasteiger partial charge in [-0.3, -0.25) is 14.9 Å². The molecule has 0 aliphatic rings. The van der Waals surface area contributed by atoms with Crippen molar-refractivity contribution >= 4 is 23.8 Å². The van der Waals surface area contributed by atoms with Gasteiger partial charge in [-0.05, 0) is 13.8 Å². The maximum Gasteiger partial charge on any atom is 0.329 e. The van der Waals surface area contributed by atoms with Gasteiger partial charge < -0.3 is 20.1 Å². The van der Waals surface area contributed by atoms with Gasteiger partial charge in [0.05, 0.1) is 6.54 Å². The molecule has 114 valence electrons. The lowest BCUT2D eigenvalue weighted by Gasteiger charge is -2.18. The first-order valence-electron chi connectivity index (χ1n) is 6.05. The Morgan fingerprint density at radius 2 is 1.70 bits per heavy atom. The molecule has 0 saturated carbocycles. The number of amides is 4. The lowest BCUT2D eigenvalue weighted by atomic mass is 10.4. The van der Waals surface area contributed by atoms with Crippen molar-refractivity contribution in [1.82, 2.24) is 15.5 Å².